The monoisotopic (exact) mass is 371 g/mol. The van der Waals surface area contributed by atoms with Crippen molar-refractivity contribution in [2.75, 3.05) is 5.32 Å². The number of hydrogen-bond donors (Lipinski definition) is 1. The summed E-state index contributed by atoms with van der Waals surface area (Å²) in [5, 5.41) is 14.6. The number of carbonyl (C=O) groups is 1. The van der Waals surface area contributed by atoms with Crippen molar-refractivity contribution in [1.82, 2.24) is 20.2 Å². The Kier molecular flexibility index (Phi) is 5.32. The number of thioether (sulfide) groups is 1. The van der Waals surface area contributed by atoms with Crippen LogP contribution in [0.15, 0.2) is 47.6 Å². The Labute approximate surface area is 154 Å². The summed E-state index contributed by atoms with van der Waals surface area (Å²) in [6.07, 6.45) is 0. The molecule has 0 unspecified atom stereocenters. The van der Waals surface area contributed by atoms with Gasteiger partial charge in [0.05, 0.1) is 10.9 Å². The quantitative estimate of drug-likeness (QED) is 0.695. The Balaban J connectivity index is 1.72. The van der Waals surface area contributed by atoms with E-state index in [1.165, 1.54) is 41.6 Å². The van der Waals surface area contributed by atoms with Crippen molar-refractivity contribution in [2.45, 2.75) is 31.2 Å². The Morgan fingerprint density at radius 1 is 1.15 bits per heavy atom. The van der Waals surface area contributed by atoms with Gasteiger partial charge in [-0.05, 0) is 78.7 Å². The molecule has 1 aromatic heterocycles. The zero-order valence-corrected chi connectivity index (χ0v) is 15.4. The molecule has 0 aliphatic heterocycles. The van der Waals surface area contributed by atoms with Gasteiger partial charge in [-0.2, -0.15) is 4.68 Å². The maximum absolute atomic E-state index is 13.0. The molecule has 1 atom stereocenters. The first-order chi connectivity index (χ1) is 12.4. The number of nitrogens with one attached hydrogen (secondary N) is 1. The molecule has 2 aromatic carbocycles. The topological polar surface area (TPSA) is 72.7 Å². The highest BCUT2D eigenvalue weighted by atomic mass is 32.2. The summed E-state index contributed by atoms with van der Waals surface area (Å²) in [6.45, 7) is 5.83. The third-order valence-electron chi connectivity index (χ3n) is 3.94. The maximum atomic E-state index is 13.0. The van der Waals surface area contributed by atoms with Crippen molar-refractivity contribution in [3.05, 3.63) is 59.4 Å². The molecule has 3 aromatic rings. The highest BCUT2D eigenvalue weighted by Crippen LogP contribution is 2.24. The van der Waals surface area contributed by atoms with Gasteiger partial charge in [0, 0.05) is 5.69 Å². The summed E-state index contributed by atoms with van der Waals surface area (Å²) in [7, 11) is 0. The number of benzene rings is 2. The van der Waals surface area contributed by atoms with E-state index in [-0.39, 0.29) is 11.7 Å². The molecular formula is C18H18FN5OS. The first kappa shape index (κ1) is 18.1. The number of tetrazole rings is 1. The summed E-state index contributed by atoms with van der Waals surface area (Å²) in [4.78, 5) is 12.4. The van der Waals surface area contributed by atoms with E-state index in [0.29, 0.717) is 10.8 Å². The van der Waals surface area contributed by atoms with Gasteiger partial charge in [0.25, 0.3) is 0 Å². The van der Waals surface area contributed by atoms with Crippen molar-refractivity contribution >= 4 is 23.4 Å². The van der Waals surface area contributed by atoms with Crippen LogP contribution in [0.2, 0.25) is 0 Å². The van der Waals surface area contributed by atoms with Crippen LogP contribution in [0.3, 0.4) is 0 Å². The summed E-state index contributed by atoms with van der Waals surface area (Å²) < 4.78 is 14.6. The normalized spacial score (nSPS) is 12.0. The first-order valence-corrected chi connectivity index (χ1v) is 8.91. The first-order valence-electron chi connectivity index (χ1n) is 8.03. The van der Waals surface area contributed by atoms with Crippen molar-refractivity contribution in [3.8, 4) is 5.69 Å². The molecule has 0 fully saturated rings. The summed E-state index contributed by atoms with van der Waals surface area (Å²) in [5.41, 5.74) is 3.70. The highest BCUT2D eigenvalue weighted by Gasteiger charge is 2.19. The predicted octanol–water partition coefficient (Wildman–Crippen LogP) is 3.54. The van der Waals surface area contributed by atoms with Crippen molar-refractivity contribution < 1.29 is 9.18 Å². The molecule has 26 heavy (non-hydrogen) atoms. The molecule has 0 aliphatic carbocycles. The Morgan fingerprint density at radius 2 is 1.88 bits per heavy atom. The lowest BCUT2D eigenvalue weighted by molar-refractivity contribution is -0.115. The van der Waals surface area contributed by atoms with E-state index in [0.717, 1.165) is 11.3 Å². The molecular weight excluding hydrogens is 353 g/mol. The maximum Gasteiger partial charge on any atom is 0.237 e. The molecule has 134 valence electrons. The van der Waals surface area contributed by atoms with Crippen molar-refractivity contribution in [1.29, 1.82) is 0 Å². The van der Waals surface area contributed by atoms with Gasteiger partial charge < -0.3 is 5.32 Å². The minimum absolute atomic E-state index is 0.212. The second-order valence-corrected chi connectivity index (χ2v) is 7.21. The average molecular weight is 371 g/mol. The average Bonchev–Trinajstić information content (AvgIpc) is 3.07. The lowest BCUT2D eigenvalue weighted by Crippen LogP contribution is -2.22. The van der Waals surface area contributed by atoms with Crippen LogP contribution < -0.4 is 5.32 Å². The van der Waals surface area contributed by atoms with E-state index in [1.54, 1.807) is 11.6 Å². The van der Waals surface area contributed by atoms with Gasteiger partial charge in [-0.1, -0.05) is 17.8 Å². The van der Waals surface area contributed by atoms with Gasteiger partial charge in [-0.15, -0.1) is 5.10 Å². The minimum atomic E-state index is -0.434. The molecule has 6 nitrogen and oxygen atoms in total. The van der Waals surface area contributed by atoms with Gasteiger partial charge >= 0.3 is 0 Å². The number of halogens is 1. The summed E-state index contributed by atoms with van der Waals surface area (Å²) >= 11 is 1.25. The van der Waals surface area contributed by atoms with Gasteiger partial charge in [0.1, 0.15) is 5.82 Å². The third-order valence-corrected chi connectivity index (χ3v) is 4.97. The number of amides is 1. The Morgan fingerprint density at radius 3 is 2.58 bits per heavy atom. The van der Waals surface area contributed by atoms with E-state index >= 15 is 0 Å². The molecule has 0 radical (unpaired) electrons. The standard InChI is InChI=1S/C18H18FN5OS/c1-11-4-9-16(10-12(11)2)24-18(21-22-23-24)26-13(3)17(25)20-15-7-5-14(19)6-8-15/h4-10,13H,1-3H3,(H,20,25)/t13-/m0/s1. The zero-order valence-electron chi connectivity index (χ0n) is 14.6. The fourth-order valence-corrected chi connectivity index (χ4v) is 3.07. The van der Waals surface area contributed by atoms with E-state index in [2.05, 4.69) is 20.8 Å². The summed E-state index contributed by atoms with van der Waals surface area (Å²) in [6, 6.07) is 11.6. The smallest absolute Gasteiger partial charge is 0.237 e. The number of anilines is 1. The number of hydrogen-bond acceptors (Lipinski definition) is 5. The van der Waals surface area contributed by atoms with Gasteiger partial charge in [0.2, 0.25) is 11.1 Å². The van der Waals surface area contributed by atoms with Crippen LogP contribution >= 0.6 is 11.8 Å². The van der Waals surface area contributed by atoms with Gasteiger partial charge in [-0.25, -0.2) is 4.39 Å². The molecule has 1 N–H and O–H groups in total. The van der Waals surface area contributed by atoms with E-state index in [9.17, 15) is 9.18 Å². The van der Waals surface area contributed by atoms with E-state index < -0.39 is 5.25 Å². The fraction of sp³-hybridized carbons (Fsp3) is 0.222. The highest BCUT2D eigenvalue weighted by molar-refractivity contribution is 8.00. The largest absolute Gasteiger partial charge is 0.325 e. The van der Waals surface area contributed by atoms with Gasteiger partial charge in [0.15, 0.2) is 0 Å². The lowest BCUT2D eigenvalue weighted by Gasteiger charge is -2.12. The van der Waals surface area contributed by atoms with E-state index in [1.807, 2.05) is 32.0 Å². The van der Waals surface area contributed by atoms with Crippen LogP contribution in [0.1, 0.15) is 18.1 Å². The zero-order chi connectivity index (χ0) is 18.7. The SMILES string of the molecule is Cc1ccc(-n2nnnc2S[C@@H](C)C(=O)Nc2ccc(F)cc2)cc1C. The molecule has 0 aliphatic rings. The second-order valence-electron chi connectivity index (χ2n) is 5.90. The number of rotatable bonds is 5. The van der Waals surface area contributed by atoms with Crippen LogP contribution in [0.25, 0.3) is 5.69 Å². The van der Waals surface area contributed by atoms with Crippen molar-refractivity contribution in [3.63, 3.8) is 0 Å². The molecule has 0 spiro atoms. The molecule has 0 bridgehead atoms. The number of aromatic nitrogens is 4. The van der Waals surface area contributed by atoms with Crippen LogP contribution in [0, 0.1) is 19.7 Å². The molecule has 3 rings (SSSR count). The van der Waals surface area contributed by atoms with Gasteiger partial charge in [-0.3, -0.25) is 4.79 Å². The second kappa shape index (κ2) is 7.65. The molecule has 0 saturated carbocycles. The van der Waals surface area contributed by atoms with Crippen LogP contribution in [0.4, 0.5) is 10.1 Å². The molecule has 1 heterocycles. The third kappa shape index (κ3) is 4.08. The molecule has 8 heteroatoms. The van der Waals surface area contributed by atoms with Crippen LogP contribution in [-0.2, 0) is 4.79 Å². The predicted molar refractivity (Wildman–Crippen MR) is 99.0 cm³/mol. The Bertz CT molecular complexity index is 926. The Hall–Kier alpha value is -2.74. The number of carbonyl (C=O) groups excluding carboxylic acids is 1. The fourth-order valence-electron chi connectivity index (χ4n) is 2.26. The molecule has 1 amide bonds. The minimum Gasteiger partial charge on any atom is -0.325 e. The van der Waals surface area contributed by atoms with Crippen LogP contribution in [0.5, 0.6) is 0 Å². The van der Waals surface area contributed by atoms with E-state index in [4.69, 9.17) is 0 Å². The number of aryl methyl sites for hydroxylation is 2. The van der Waals surface area contributed by atoms with Crippen LogP contribution in [-0.4, -0.2) is 31.4 Å². The molecule has 0 saturated heterocycles. The lowest BCUT2D eigenvalue weighted by atomic mass is 10.1. The number of nitrogens with zero attached hydrogens (tertiary/aromatic N) is 4. The summed E-state index contributed by atoms with van der Waals surface area (Å²) in [5.74, 6) is -0.561. The van der Waals surface area contributed by atoms with Crippen molar-refractivity contribution in [2.24, 2.45) is 0 Å².